The average Bonchev–Trinajstić information content (AvgIpc) is 3.06. The molecule has 3 rings (SSSR count). The van der Waals surface area contributed by atoms with Crippen LogP contribution >= 0.6 is 24.0 Å². The van der Waals surface area contributed by atoms with Gasteiger partial charge in [0.1, 0.15) is 5.82 Å². The number of aryl methyl sites for hydroxylation is 1. The van der Waals surface area contributed by atoms with Crippen molar-refractivity contribution < 1.29 is 0 Å². The first-order chi connectivity index (χ1) is 11.3. The van der Waals surface area contributed by atoms with Gasteiger partial charge in [-0.1, -0.05) is 30.3 Å². The van der Waals surface area contributed by atoms with Gasteiger partial charge in [0.2, 0.25) is 0 Å². The van der Waals surface area contributed by atoms with Crippen LogP contribution in [0.3, 0.4) is 0 Å². The Bertz CT molecular complexity index is 674. The lowest BCUT2D eigenvalue weighted by atomic mass is 9.99. The lowest BCUT2D eigenvalue weighted by Gasteiger charge is -2.21. The molecular formula is C18H24IN5. The van der Waals surface area contributed by atoms with Crippen LogP contribution in [0.25, 0.3) is 0 Å². The van der Waals surface area contributed by atoms with Gasteiger partial charge < -0.3 is 10.2 Å². The average molecular weight is 437 g/mol. The lowest BCUT2D eigenvalue weighted by molar-refractivity contribution is 0.485. The molecule has 1 fully saturated rings. The van der Waals surface area contributed by atoms with Crippen molar-refractivity contribution in [2.45, 2.75) is 25.8 Å². The first kappa shape index (κ1) is 18.6. The molecule has 1 aliphatic heterocycles. The molecule has 1 aromatic heterocycles. The molecule has 128 valence electrons. The van der Waals surface area contributed by atoms with Crippen LogP contribution in [0, 0.1) is 6.92 Å². The van der Waals surface area contributed by atoms with E-state index in [1.54, 1.807) is 6.20 Å². The van der Waals surface area contributed by atoms with E-state index in [-0.39, 0.29) is 24.0 Å². The summed E-state index contributed by atoms with van der Waals surface area (Å²) >= 11 is 0. The Labute approximate surface area is 160 Å². The van der Waals surface area contributed by atoms with Gasteiger partial charge in [0, 0.05) is 32.3 Å². The van der Waals surface area contributed by atoms with E-state index in [0.29, 0.717) is 12.5 Å². The predicted molar refractivity (Wildman–Crippen MR) is 108 cm³/mol. The summed E-state index contributed by atoms with van der Waals surface area (Å²) in [5.74, 6) is 2.32. The third-order valence-corrected chi connectivity index (χ3v) is 4.23. The monoisotopic (exact) mass is 437 g/mol. The van der Waals surface area contributed by atoms with E-state index in [1.165, 1.54) is 5.56 Å². The molecule has 2 heterocycles. The SMILES string of the molecule is CN=C(NCc1ccnc(C)n1)N1CCC(c2ccccc2)C1.I. The van der Waals surface area contributed by atoms with Crippen molar-refractivity contribution in [1.29, 1.82) is 0 Å². The molecular weight excluding hydrogens is 413 g/mol. The van der Waals surface area contributed by atoms with Crippen LogP contribution < -0.4 is 5.32 Å². The summed E-state index contributed by atoms with van der Waals surface area (Å²) < 4.78 is 0. The number of halogens is 1. The minimum atomic E-state index is 0. The second-order valence-corrected chi connectivity index (χ2v) is 5.84. The van der Waals surface area contributed by atoms with Gasteiger partial charge in [0.25, 0.3) is 0 Å². The number of likely N-dealkylation sites (tertiary alicyclic amines) is 1. The molecule has 0 saturated carbocycles. The number of guanidine groups is 1. The maximum Gasteiger partial charge on any atom is 0.193 e. The van der Waals surface area contributed by atoms with Gasteiger partial charge in [-0.25, -0.2) is 9.97 Å². The third kappa shape index (κ3) is 4.66. The molecule has 0 aliphatic carbocycles. The molecule has 5 nitrogen and oxygen atoms in total. The van der Waals surface area contributed by atoms with Crippen molar-refractivity contribution in [3.63, 3.8) is 0 Å². The van der Waals surface area contributed by atoms with E-state index in [0.717, 1.165) is 37.0 Å². The fourth-order valence-corrected chi connectivity index (χ4v) is 3.06. The summed E-state index contributed by atoms with van der Waals surface area (Å²) in [6.45, 7) is 4.61. The molecule has 1 unspecified atom stereocenters. The Balaban J connectivity index is 0.00000208. The van der Waals surface area contributed by atoms with Crippen molar-refractivity contribution in [3.05, 3.63) is 59.7 Å². The van der Waals surface area contributed by atoms with Crippen LogP contribution in [-0.2, 0) is 6.54 Å². The number of aromatic nitrogens is 2. The Morgan fingerprint density at radius 3 is 2.79 bits per heavy atom. The molecule has 0 bridgehead atoms. The zero-order valence-electron chi connectivity index (χ0n) is 14.1. The lowest BCUT2D eigenvalue weighted by Crippen LogP contribution is -2.39. The van der Waals surface area contributed by atoms with Crippen molar-refractivity contribution in [3.8, 4) is 0 Å². The molecule has 2 aromatic rings. The largest absolute Gasteiger partial charge is 0.351 e. The molecule has 0 radical (unpaired) electrons. The van der Waals surface area contributed by atoms with Crippen LogP contribution in [0.5, 0.6) is 0 Å². The summed E-state index contributed by atoms with van der Waals surface area (Å²) in [5.41, 5.74) is 2.40. The topological polar surface area (TPSA) is 53.4 Å². The molecule has 0 amide bonds. The molecule has 1 N–H and O–H groups in total. The van der Waals surface area contributed by atoms with E-state index < -0.39 is 0 Å². The van der Waals surface area contributed by atoms with E-state index >= 15 is 0 Å². The summed E-state index contributed by atoms with van der Waals surface area (Å²) in [4.78, 5) is 15.3. The minimum absolute atomic E-state index is 0. The van der Waals surface area contributed by atoms with E-state index in [1.807, 2.05) is 20.0 Å². The van der Waals surface area contributed by atoms with Gasteiger partial charge >= 0.3 is 0 Å². The summed E-state index contributed by atoms with van der Waals surface area (Å²) in [7, 11) is 1.84. The van der Waals surface area contributed by atoms with Gasteiger partial charge in [0.15, 0.2) is 5.96 Å². The number of aliphatic imine (C=N–C) groups is 1. The highest BCUT2D eigenvalue weighted by Crippen LogP contribution is 2.26. The zero-order valence-corrected chi connectivity index (χ0v) is 16.5. The Morgan fingerprint density at radius 2 is 2.08 bits per heavy atom. The highest BCUT2D eigenvalue weighted by molar-refractivity contribution is 14.0. The summed E-state index contributed by atoms with van der Waals surface area (Å²) in [6, 6.07) is 12.7. The van der Waals surface area contributed by atoms with Gasteiger partial charge in [-0.2, -0.15) is 0 Å². The maximum absolute atomic E-state index is 4.42. The van der Waals surface area contributed by atoms with Gasteiger partial charge in [-0.05, 0) is 25.0 Å². The fourth-order valence-electron chi connectivity index (χ4n) is 3.06. The second-order valence-electron chi connectivity index (χ2n) is 5.84. The first-order valence-electron chi connectivity index (χ1n) is 8.05. The second kappa shape index (κ2) is 8.96. The number of rotatable bonds is 3. The van der Waals surface area contributed by atoms with Crippen molar-refractivity contribution in [2.75, 3.05) is 20.1 Å². The van der Waals surface area contributed by atoms with Gasteiger partial charge in [0.05, 0.1) is 12.2 Å². The molecule has 6 heteroatoms. The summed E-state index contributed by atoms with van der Waals surface area (Å²) in [5, 5.41) is 3.41. The predicted octanol–water partition coefficient (Wildman–Crippen LogP) is 2.97. The Hall–Kier alpha value is -1.70. The number of hydrogen-bond donors (Lipinski definition) is 1. The van der Waals surface area contributed by atoms with Crippen molar-refractivity contribution >= 4 is 29.9 Å². The van der Waals surface area contributed by atoms with E-state index in [2.05, 4.69) is 55.5 Å². The molecule has 1 atom stereocenters. The molecule has 0 spiro atoms. The van der Waals surface area contributed by atoms with Gasteiger partial charge in [-0.3, -0.25) is 4.99 Å². The molecule has 1 aromatic carbocycles. The molecule has 1 saturated heterocycles. The highest BCUT2D eigenvalue weighted by Gasteiger charge is 2.25. The fraction of sp³-hybridized carbons (Fsp3) is 0.389. The van der Waals surface area contributed by atoms with E-state index in [9.17, 15) is 0 Å². The third-order valence-electron chi connectivity index (χ3n) is 4.23. The van der Waals surface area contributed by atoms with Crippen LogP contribution in [0.15, 0.2) is 47.6 Å². The van der Waals surface area contributed by atoms with E-state index in [4.69, 9.17) is 0 Å². The molecule has 24 heavy (non-hydrogen) atoms. The molecule has 1 aliphatic rings. The number of nitrogens with zero attached hydrogens (tertiary/aromatic N) is 4. The van der Waals surface area contributed by atoms with Crippen LogP contribution in [-0.4, -0.2) is 41.0 Å². The standard InChI is InChI=1S/C18H23N5.HI/c1-14-20-10-8-17(22-14)12-21-18(19-2)23-11-9-16(13-23)15-6-4-3-5-7-15;/h3-8,10,16H,9,11-13H2,1-2H3,(H,19,21);1H. The quantitative estimate of drug-likeness (QED) is 0.456. The highest BCUT2D eigenvalue weighted by atomic mass is 127. The number of hydrogen-bond acceptors (Lipinski definition) is 3. The Morgan fingerprint density at radius 1 is 1.29 bits per heavy atom. The first-order valence-corrected chi connectivity index (χ1v) is 8.05. The number of benzene rings is 1. The maximum atomic E-state index is 4.42. The van der Waals surface area contributed by atoms with Crippen LogP contribution in [0.1, 0.15) is 29.4 Å². The van der Waals surface area contributed by atoms with Gasteiger partial charge in [-0.15, -0.1) is 24.0 Å². The van der Waals surface area contributed by atoms with Crippen molar-refractivity contribution in [1.82, 2.24) is 20.2 Å². The van der Waals surface area contributed by atoms with Crippen LogP contribution in [0.4, 0.5) is 0 Å². The van der Waals surface area contributed by atoms with Crippen LogP contribution in [0.2, 0.25) is 0 Å². The summed E-state index contributed by atoms with van der Waals surface area (Å²) in [6.07, 6.45) is 2.96. The zero-order chi connectivity index (χ0) is 16.1. The minimum Gasteiger partial charge on any atom is -0.351 e. The number of nitrogens with one attached hydrogen (secondary N) is 1. The van der Waals surface area contributed by atoms with Crippen molar-refractivity contribution in [2.24, 2.45) is 4.99 Å². The normalized spacial score (nSPS) is 17.5. The smallest absolute Gasteiger partial charge is 0.193 e. The Kier molecular flexibility index (Phi) is 6.96.